The van der Waals surface area contributed by atoms with Gasteiger partial charge in [0.25, 0.3) is 0 Å². The highest BCUT2D eigenvalue weighted by Crippen LogP contribution is 2.28. The number of aliphatic hydroxyl groups excluding tert-OH is 1. The third-order valence-electron chi connectivity index (χ3n) is 2.61. The van der Waals surface area contributed by atoms with Crippen molar-refractivity contribution in [2.24, 2.45) is 5.73 Å². The Morgan fingerprint density at radius 3 is 2.65 bits per heavy atom. The van der Waals surface area contributed by atoms with E-state index in [4.69, 9.17) is 17.3 Å². The number of nitrogens with zero attached hydrogens (tertiary/aromatic N) is 1. The van der Waals surface area contributed by atoms with Crippen LogP contribution in [0, 0.1) is 5.82 Å². The zero-order valence-electron chi connectivity index (χ0n) is 10.0. The Hall–Kier alpha value is -0.680. The molecule has 3 N–H and O–H groups in total. The molecule has 5 heteroatoms. The number of hydrogen-bond acceptors (Lipinski definition) is 3. The summed E-state index contributed by atoms with van der Waals surface area (Å²) in [6.07, 6.45) is -0.512. The van der Waals surface area contributed by atoms with E-state index in [1.165, 1.54) is 12.1 Å². The molecule has 2 atom stereocenters. The van der Waals surface area contributed by atoms with Crippen LogP contribution in [-0.4, -0.2) is 36.7 Å². The smallest absolute Gasteiger partial charge is 0.130 e. The van der Waals surface area contributed by atoms with Crippen molar-refractivity contribution in [2.45, 2.75) is 18.6 Å². The van der Waals surface area contributed by atoms with Crippen molar-refractivity contribution in [3.05, 3.63) is 34.6 Å². The molecule has 0 aliphatic heterocycles. The molecule has 0 aliphatic rings. The number of benzene rings is 1. The topological polar surface area (TPSA) is 49.5 Å². The fourth-order valence-corrected chi connectivity index (χ4v) is 1.85. The van der Waals surface area contributed by atoms with E-state index < -0.39 is 18.0 Å². The standard InChI is InChI=1S/C12H18ClFN2O/c1-16(2)7-6-10(15)12(17)11-8(13)4-3-5-9(11)14/h3-5,10,12,17H,6-7,15H2,1-2H3. The van der Waals surface area contributed by atoms with Gasteiger partial charge in [0.05, 0.1) is 6.10 Å². The van der Waals surface area contributed by atoms with E-state index in [-0.39, 0.29) is 10.6 Å². The zero-order chi connectivity index (χ0) is 13.0. The molecule has 0 amide bonds. The SMILES string of the molecule is CN(C)CCC(N)C(O)c1c(F)cccc1Cl. The van der Waals surface area contributed by atoms with E-state index >= 15 is 0 Å². The molecule has 1 aromatic rings. The maximum atomic E-state index is 13.5. The van der Waals surface area contributed by atoms with Crippen LogP contribution in [0.4, 0.5) is 4.39 Å². The highest BCUT2D eigenvalue weighted by molar-refractivity contribution is 6.31. The van der Waals surface area contributed by atoms with Gasteiger partial charge in [-0.1, -0.05) is 17.7 Å². The third-order valence-corrected chi connectivity index (χ3v) is 2.94. The summed E-state index contributed by atoms with van der Waals surface area (Å²) in [5, 5.41) is 10.2. The molecule has 0 radical (unpaired) electrons. The Kier molecular flexibility index (Phi) is 5.33. The van der Waals surface area contributed by atoms with Gasteiger partial charge in [0.1, 0.15) is 5.82 Å². The van der Waals surface area contributed by atoms with Crippen LogP contribution in [-0.2, 0) is 0 Å². The van der Waals surface area contributed by atoms with Crippen molar-refractivity contribution in [1.29, 1.82) is 0 Å². The molecule has 0 fully saturated rings. The van der Waals surface area contributed by atoms with Gasteiger partial charge in [-0.2, -0.15) is 0 Å². The first-order chi connectivity index (χ1) is 7.93. The van der Waals surface area contributed by atoms with Gasteiger partial charge >= 0.3 is 0 Å². The summed E-state index contributed by atoms with van der Waals surface area (Å²) >= 11 is 5.87. The summed E-state index contributed by atoms with van der Waals surface area (Å²) < 4.78 is 13.5. The second kappa shape index (κ2) is 6.31. The van der Waals surface area contributed by atoms with Gasteiger partial charge in [-0.25, -0.2) is 4.39 Å². The van der Waals surface area contributed by atoms with Crippen LogP contribution in [0.2, 0.25) is 5.02 Å². The fraction of sp³-hybridized carbons (Fsp3) is 0.500. The molecule has 3 nitrogen and oxygen atoms in total. The van der Waals surface area contributed by atoms with Crippen LogP contribution in [0.25, 0.3) is 0 Å². The van der Waals surface area contributed by atoms with E-state index in [0.717, 1.165) is 6.54 Å². The molecule has 0 aromatic heterocycles. The summed E-state index contributed by atoms with van der Waals surface area (Å²) in [5.74, 6) is -0.523. The maximum absolute atomic E-state index is 13.5. The van der Waals surface area contributed by atoms with Crippen LogP contribution >= 0.6 is 11.6 Å². The molecule has 0 heterocycles. The van der Waals surface area contributed by atoms with Crippen LogP contribution in [0.15, 0.2) is 18.2 Å². The Morgan fingerprint density at radius 1 is 1.47 bits per heavy atom. The van der Waals surface area contributed by atoms with Crippen molar-refractivity contribution < 1.29 is 9.50 Å². The van der Waals surface area contributed by atoms with Crippen molar-refractivity contribution in [3.63, 3.8) is 0 Å². The first-order valence-corrected chi connectivity index (χ1v) is 5.83. The van der Waals surface area contributed by atoms with E-state index in [1.807, 2.05) is 19.0 Å². The first kappa shape index (κ1) is 14.4. The van der Waals surface area contributed by atoms with Gasteiger partial charge in [-0.15, -0.1) is 0 Å². The fourth-order valence-electron chi connectivity index (χ4n) is 1.57. The number of hydrogen-bond donors (Lipinski definition) is 2. The Balaban J connectivity index is 2.78. The van der Waals surface area contributed by atoms with Gasteiger partial charge in [0, 0.05) is 16.6 Å². The van der Waals surface area contributed by atoms with Crippen LogP contribution in [0.5, 0.6) is 0 Å². The molecule has 0 aliphatic carbocycles. The normalized spacial score (nSPS) is 15.0. The van der Waals surface area contributed by atoms with Crippen molar-refractivity contribution in [2.75, 3.05) is 20.6 Å². The number of rotatable bonds is 5. The lowest BCUT2D eigenvalue weighted by Crippen LogP contribution is -2.32. The molecule has 1 aromatic carbocycles. The van der Waals surface area contributed by atoms with E-state index in [9.17, 15) is 9.50 Å². The van der Waals surface area contributed by atoms with Gasteiger partial charge in [-0.05, 0) is 39.2 Å². The molecule has 96 valence electrons. The number of halogens is 2. The van der Waals surface area contributed by atoms with Crippen LogP contribution < -0.4 is 5.73 Å². The second-order valence-electron chi connectivity index (χ2n) is 4.34. The molecular weight excluding hydrogens is 243 g/mol. The minimum Gasteiger partial charge on any atom is -0.387 e. The summed E-state index contributed by atoms with van der Waals surface area (Å²) in [7, 11) is 3.82. The summed E-state index contributed by atoms with van der Waals surface area (Å²) in [5.41, 5.74) is 5.92. The second-order valence-corrected chi connectivity index (χ2v) is 4.74. The summed E-state index contributed by atoms with van der Waals surface area (Å²) in [6, 6.07) is 3.77. The zero-order valence-corrected chi connectivity index (χ0v) is 10.8. The lowest BCUT2D eigenvalue weighted by atomic mass is 10.00. The number of nitrogens with two attached hydrogens (primary N) is 1. The largest absolute Gasteiger partial charge is 0.387 e. The van der Waals surface area contributed by atoms with Gasteiger partial charge in [0.15, 0.2) is 0 Å². The molecule has 0 bridgehead atoms. The Labute approximate surface area is 106 Å². The molecule has 1 rings (SSSR count). The average Bonchev–Trinajstić information content (AvgIpc) is 2.25. The van der Waals surface area contributed by atoms with Crippen molar-refractivity contribution in [1.82, 2.24) is 4.90 Å². The van der Waals surface area contributed by atoms with E-state index in [1.54, 1.807) is 6.07 Å². The average molecular weight is 261 g/mol. The Bertz CT molecular complexity index is 353. The first-order valence-electron chi connectivity index (χ1n) is 5.45. The third kappa shape index (κ3) is 3.92. The lowest BCUT2D eigenvalue weighted by Gasteiger charge is -2.22. The molecule has 2 unspecified atom stereocenters. The van der Waals surface area contributed by atoms with Crippen LogP contribution in [0.3, 0.4) is 0 Å². The van der Waals surface area contributed by atoms with E-state index in [0.29, 0.717) is 6.42 Å². The monoisotopic (exact) mass is 260 g/mol. The molecular formula is C12H18ClFN2O. The minimum absolute atomic E-state index is 0.0837. The van der Waals surface area contributed by atoms with Gasteiger partial charge in [0.2, 0.25) is 0 Å². The highest BCUT2D eigenvalue weighted by atomic mass is 35.5. The minimum atomic E-state index is -1.08. The molecule has 0 saturated carbocycles. The maximum Gasteiger partial charge on any atom is 0.130 e. The summed E-state index contributed by atoms with van der Waals surface area (Å²) in [6.45, 7) is 0.726. The van der Waals surface area contributed by atoms with Crippen molar-refractivity contribution in [3.8, 4) is 0 Å². The van der Waals surface area contributed by atoms with Gasteiger partial charge < -0.3 is 15.7 Å². The predicted octanol–water partition coefficient (Wildman–Crippen LogP) is 1.79. The van der Waals surface area contributed by atoms with Crippen LogP contribution in [0.1, 0.15) is 18.1 Å². The van der Waals surface area contributed by atoms with Gasteiger partial charge in [-0.3, -0.25) is 0 Å². The molecule has 0 saturated heterocycles. The highest BCUT2D eigenvalue weighted by Gasteiger charge is 2.22. The molecule has 0 spiro atoms. The molecule has 17 heavy (non-hydrogen) atoms. The predicted molar refractivity (Wildman–Crippen MR) is 67.5 cm³/mol. The quantitative estimate of drug-likeness (QED) is 0.849. The number of aliphatic hydroxyl groups is 1. The lowest BCUT2D eigenvalue weighted by molar-refractivity contribution is 0.133. The summed E-state index contributed by atoms with van der Waals surface area (Å²) in [4.78, 5) is 1.95. The van der Waals surface area contributed by atoms with E-state index in [2.05, 4.69) is 0 Å². The van der Waals surface area contributed by atoms with Crippen molar-refractivity contribution >= 4 is 11.6 Å². The Morgan fingerprint density at radius 2 is 2.12 bits per heavy atom.